The van der Waals surface area contributed by atoms with Crippen molar-refractivity contribution < 1.29 is 33.8 Å². The van der Waals surface area contributed by atoms with Gasteiger partial charge in [0.1, 0.15) is 19.3 Å². The topological polar surface area (TPSA) is 134 Å². The third-order valence-electron chi connectivity index (χ3n) is 8.41. The number of hydrogen-bond acceptors (Lipinski definition) is 7. The summed E-state index contributed by atoms with van der Waals surface area (Å²) in [5.41, 5.74) is 5.29. The second-order valence-corrected chi connectivity index (χ2v) is 11.8. The minimum atomic E-state index is -0.974. The van der Waals surface area contributed by atoms with Gasteiger partial charge in [0, 0.05) is 25.4 Å². The highest BCUT2D eigenvalue weighted by atomic mass is 16.6. The standard InChI is InChI=1S/C39H45N3O7/c1-3-5-20-35(41-39(47)49-27-34-32-18-11-9-16-30(32)31-17-10-12-19-33(31)34)38(46)48-24-21-40-37(45)29(13-4-2)25-36(44)42(22-23-43)26-28-14-7-6-8-15-28/h3-4,6-12,14-19,29,34-35,43H,1-2,5,13,20-27H2,(H,40,45)(H,41,47)/t29-,35-/m0/s1. The monoisotopic (exact) mass is 667 g/mol. The highest BCUT2D eigenvalue weighted by Crippen LogP contribution is 2.44. The smallest absolute Gasteiger partial charge is 0.407 e. The first-order valence-electron chi connectivity index (χ1n) is 16.6. The van der Waals surface area contributed by atoms with Crippen molar-refractivity contribution in [2.24, 2.45) is 5.92 Å². The largest absolute Gasteiger partial charge is 0.462 e. The summed E-state index contributed by atoms with van der Waals surface area (Å²) in [5, 5.41) is 14.9. The van der Waals surface area contributed by atoms with Crippen LogP contribution in [0.5, 0.6) is 0 Å². The molecule has 0 radical (unpaired) electrons. The maximum atomic E-state index is 13.1. The normalized spacial score (nSPS) is 12.8. The summed E-state index contributed by atoms with van der Waals surface area (Å²) in [7, 11) is 0. The average molecular weight is 668 g/mol. The lowest BCUT2D eigenvalue weighted by atomic mass is 9.98. The van der Waals surface area contributed by atoms with E-state index in [9.17, 15) is 24.3 Å². The Morgan fingerprint density at radius 2 is 1.53 bits per heavy atom. The number of alkyl carbamates (subject to hydrolysis) is 1. The lowest BCUT2D eigenvalue weighted by Gasteiger charge is -2.24. The van der Waals surface area contributed by atoms with Crippen molar-refractivity contribution in [3.8, 4) is 11.1 Å². The van der Waals surface area contributed by atoms with Crippen molar-refractivity contribution in [2.45, 2.75) is 44.2 Å². The number of rotatable bonds is 19. The Morgan fingerprint density at radius 3 is 2.16 bits per heavy atom. The van der Waals surface area contributed by atoms with Crippen LogP contribution in [0.2, 0.25) is 0 Å². The Morgan fingerprint density at radius 1 is 0.878 bits per heavy atom. The molecule has 0 saturated heterocycles. The fourth-order valence-electron chi connectivity index (χ4n) is 5.93. The first-order valence-corrected chi connectivity index (χ1v) is 16.6. The molecule has 0 saturated carbocycles. The van der Waals surface area contributed by atoms with Gasteiger partial charge in [-0.05, 0) is 47.1 Å². The number of esters is 1. The van der Waals surface area contributed by atoms with E-state index in [2.05, 4.69) is 35.9 Å². The zero-order valence-electron chi connectivity index (χ0n) is 27.7. The molecule has 3 N–H and O–H groups in total. The number of carbonyl (C=O) groups excluding carboxylic acids is 4. The molecule has 0 bridgehead atoms. The maximum Gasteiger partial charge on any atom is 0.407 e. The lowest BCUT2D eigenvalue weighted by Crippen LogP contribution is -2.43. The minimum absolute atomic E-state index is 0.00982. The number of ether oxygens (including phenoxy) is 2. The molecule has 2 atom stereocenters. The summed E-state index contributed by atoms with van der Waals surface area (Å²) in [6.07, 6.45) is 3.39. The second kappa shape index (κ2) is 18.9. The van der Waals surface area contributed by atoms with Gasteiger partial charge in [0.15, 0.2) is 0 Å². The van der Waals surface area contributed by atoms with Crippen LogP contribution >= 0.6 is 0 Å². The van der Waals surface area contributed by atoms with E-state index in [1.165, 1.54) is 4.90 Å². The summed E-state index contributed by atoms with van der Waals surface area (Å²) in [5.74, 6) is -2.12. The van der Waals surface area contributed by atoms with Gasteiger partial charge in [0.05, 0.1) is 19.1 Å². The van der Waals surface area contributed by atoms with Crippen molar-refractivity contribution in [3.05, 3.63) is 121 Å². The Balaban J connectivity index is 1.25. The minimum Gasteiger partial charge on any atom is -0.462 e. The average Bonchev–Trinajstić information content (AvgIpc) is 3.44. The van der Waals surface area contributed by atoms with Crippen LogP contribution in [0.25, 0.3) is 11.1 Å². The predicted molar refractivity (Wildman–Crippen MR) is 187 cm³/mol. The van der Waals surface area contributed by atoms with Crippen LogP contribution in [0.15, 0.2) is 104 Å². The van der Waals surface area contributed by atoms with Crippen LogP contribution < -0.4 is 10.6 Å². The molecule has 3 aromatic carbocycles. The Labute approximate surface area is 287 Å². The zero-order chi connectivity index (χ0) is 35.0. The van der Waals surface area contributed by atoms with E-state index in [4.69, 9.17) is 9.47 Å². The predicted octanol–water partition coefficient (Wildman–Crippen LogP) is 5.12. The zero-order valence-corrected chi connectivity index (χ0v) is 27.7. The van der Waals surface area contributed by atoms with Crippen molar-refractivity contribution in [3.63, 3.8) is 0 Å². The summed E-state index contributed by atoms with van der Waals surface area (Å²) >= 11 is 0. The summed E-state index contributed by atoms with van der Waals surface area (Å²) in [6, 6.07) is 24.5. The fourth-order valence-corrected chi connectivity index (χ4v) is 5.93. The molecule has 0 aromatic heterocycles. The molecule has 258 valence electrons. The van der Waals surface area contributed by atoms with Crippen molar-refractivity contribution >= 4 is 23.9 Å². The van der Waals surface area contributed by atoms with E-state index in [0.29, 0.717) is 13.0 Å². The summed E-state index contributed by atoms with van der Waals surface area (Å²) in [6.45, 7) is 7.65. The van der Waals surface area contributed by atoms with E-state index in [1.807, 2.05) is 66.7 Å². The molecule has 3 amide bonds. The highest BCUT2D eigenvalue weighted by Gasteiger charge is 2.30. The molecule has 0 unspecified atom stereocenters. The molecule has 0 fully saturated rings. The van der Waals surface area contributed by atoms with Gasteiger partial charge in [-0.1, -0.05) is 91.0 Å². The van der Waals surface area contributed by atoms with E-state index in [0.717, 1.165) is 27.8 Å². The molecule has 49 heavy (non-hydrogen) atoms. The van der Waals surface area contributed by atoms with Gasteiger partial charge in [-0.15, -0.1) is 13.2 Å². The number of aliphatic hydroxyl groups excluding tert-OH is 1. The number of amides is 3. The van der Waals surface area contributed by atoms with Crippen LogP contribution in [0, 0.1) is 5.92 Å². The Kier molecular flexibility index (Phi) is 14.2. The molecule has 0 aliphatic heterocycles. The van der Waals surface area contributed by atoms with Gasteiger partial charge in [-0.2, -0.15) is 0 Å². The van der Waals surface area contributed by atoms with Crippen molar-refractivity contribution in [2.75, 3.05) is 32.9 Å². The lowest BCUT2D eigenvalue weighted by molar-refractivity contribution is -0.146. The van der Waals surface area contributed by atoms with E-state index < -0.39 is 24.0 Å². The number of aliphatic hydroxyl groups is 1. The third-order valence-corrected chi connectivity index (χ3v) is 8.41. The van der Waals surface area contributed by atoms with Gasteiger partial charge in [-0.3, -0.25) is 9.59 Å². The van der Waals surface area contributed by atoms with Gasteiger partial charge in [0.25, 0.3) is 0 Å². The molecular formula is C39H45N3O7. The number of fused-ring (bicyclic) bond motifs is 3. The van der Waals surface area contributed by atoms with Crippen LogP contribution in [0.3, 0.4) is 0 Å². The molecule has 4 rings (SSSR count). The van der Waals surface area contributed by atoms with Gasteiger partial charge in [0.2, 0.25) is 11.8 Å². The second-order valence-electron chi connectivity index (χ2n) is 11.8. The third kappa shape index (κ3) is 10.4. The number of allylic oxidation sites excluding steroid dienone is 2. The highest BCUT2D eigenvalue weighted by molar-refractivity contribution is 5.86. The van der Waals surface area contributed by atoms with Gasteiger partial charge >= 0.3 is 12.1 Å². The van der Waals surface area contributed by atoms with Crippen LogP contribution in [0.4, 0.5) is 4.79 Å². The van der Waals surface area contributed by atoms with Gasteiger partial charge in [-0.25, -0.2) is 9.59 Å². The van der Waals surface area contributed by atoms with Crippen LogP contribution in [-0.2, 0) is 30.4 Å². The number of hydrogen-bond donors (Lipinski definition) is 3. The first kappa shape index (κ1) is 36.6. The number of nitrogens with one attached hydrogen (secondary N) is 2. The Hall–Kier alpha value is -5.22. The quantitative estimate of drug-likeness (QED) is 0.0918. The van der Waals surface area contributed by atoms with E-state index >= 15 is 0 Å². The number of nitrogens with zero attached hydrogens (tertiary/aromatic N) is 1. The summed E-state index contributed by atoms with van der Waals surface area (Å²) < 4.78 is 11.0. The first-order chi connectivity index (χ1) is 23.9. The molecule has 0 spiro atoms. The fraction of sp³-hybridized carbons (Fsp3) is 0.333. The SMILES string of the molecule is C=CCC[C@H](NC(=O)OCC1c2ccccc2-c2ccccc21)C(=O)OCCNC(=O)[C@@H](CC=C)CC(=O)N(CCO)Cc1ccccc1. The number of benzene rings is 3. The van der Waals surface area contributed by atoms with Gasteiger partial charge < -0.3 is 30.1 Å². The van der Waals surface area contributed by atoms with E-state index in [-0.39, 0.29) is 69.9 Å². The molecule has 10 heteroatoms. The molecular weight excluding hydrogens is 622 g/mol. The van der Waals surface area contributed by atoms with Crippen molar-refractivity contribution in [1.82, 2.24) is 15.5 Å². The van der Waals surface area contributed by atoms with Crippen molar-refractivity contribution in [1.29, 1.82) is 0 Å². The van der Waals surface area contributed by atoms with Crippen LogP contribution in [-0.4, -0.2) is 72.8 Å². The molecule has 10 nitrogen and oxygen atoms in total. The molecule has 1 aliphatic rings. The Bertz CT molecular complexity index is 1550. The molecule has 1 aliphatic carbocycles. The maximum absolute atomic E-state index is 13.1. The molecule has 3 aromatic rings. The number of carbonyl (C=O) groups is 4. The molecule has 0 heterocycles. The van der Waals surface area contributed by atoms with E-state index in [1.54, 1.807) is 12.2 Å². The van der Waals surface area contributed by atoms with Crippen LogP contribution in [0.1, 0.15) is 48.3 Å². The summed E-state index contributed by atoms with van der Waals surface area (Å²) in [4.78, 5) is 53.5.